The van der Waals surface area contributed by atoms with Gasteiger partial charge in [0.1, 0.15) is 23.9 Å². The van der Waals surface area contributed by atoms with Crippen LogP contribution in [0.15, 0.2) is 49.3 Å². The number of ether oxygens (including phenoxy) is 5. The van der Waals surface area contributed by atoms with Gasteiger partial charge in [-0.3, -0.25) is 9.97 Å². The van der Waals surface area contributed by atoms with E-state index in [2.05, 4.69) is 29.9 Å². The van der Waals surface area contributed by atoms with Gasteiger partial charge in [0.2, 0.25) is 17.6 Å². The lowest BCUT2D eigenvalue weighted by atomic mass is 9.83. The summed E-state index contributed by atoms with van der Waals surface area (Å²) in [5.41, 5.74) is 3.05. The molecule has 8 heterocycles. The molecule has 4 aliphatic rings. The summed E-state index contributed by atoms with van der Waals surface area (Å²) in [6.45, 7) is 15.0. The molecular weight excluding hydrogens is 828 g/mol. The minimum Gasteiger partial charge on any atom is -0.474 e. The number of fused-ring (bicyclic) bond motifs is 4. The van der Waals surface area contributed by atoms with Crippen molar-refractivity contribution in [3.8, 4) is 29.1 Å². The smallest absolute Gasteiger partial charge is 0.410 e. The minimum atomic E-state index is -0.238. The normalized spacial score (nSPS) is 22.5. The van der Waals surface area contributed by atoms with Crippen molar-refractivity contribution in [2.45, 2.75) is 168 Å². The third-order valence-corrected chi connectivity index (χ3v) is 11.9. The molecule has 0 aromatic carbocycles. The Kier molecular flexibility index (Phi) is 16.3. The number of amides is 2. The zero-order valence-corrected chi connectivity index (χ0v) is 38.3. The number of aliphatic hydroxyl groups is 1. The van der Waals surface area contributed by atoms with Crippen molar-refractivity contribution in [1.82, 2.24) is 39.7 Å². The average molecular weight is 889 g/mol. The molecule has 1 N–H and O–H groups in total. The van der Waals surface area contributed by atoms with Crippen molar-refractivity contribution in [3.05, 3.63) is 77.0 Å². The van der Waals surface area contributed by atoms with E-state index in [1.54, 1.807) is 18.5 Å². The Labute approximate surface area is 375 Å². The highest BCUT2D eigenvalue weighted by Crippen LogP contribution is 2.38. The molecular formula is C46H61ClN8O8. The van der Waals surface area contributed by atoms with Crippen LogP contribution in [0.3, 0.4) is 0 Å². The van der Waals surface area contributed by atoms with Gasteiger partial charge in [-0.2, -0.15) is 0 Å². The van der Waals surface area contributed by atoms with Crippen LogP contribution in [-0.4, -0.2) is 106 Å². The Morgan fingerprint density at radius 2 is 1.06 bits per heavy atom. The van der Waals surface area contributed by atoms with Crippen LogP contribution in [0.2, 0.25) is 5.15 Å². The standard InChI is InChI=1S/C23H30N4O4.C12H21NO3.C11H10ClN3O/c1-14(2)29-23(28)27-17-7-5-8-18(27)12-19(11-17)30-21-15(3)22(26-13-25-21)31-20-9-6-10-24-16(20)4;1-8(2)16-12(15)13-9-4-3-5-10(13)7-11(14)6-9;1-7-10(12)14-6-15-11(7)16-9-4-3-5-13-8(9)2/h6,9-10,13-14,17-19H,5,7-8,11-12H2,1-4H3;8-11,14H,3-7H2,1-2H3;3-6H,1-2H3. The van der Waals surface area contributed by atoms with Gasteiger partial charge in [-0.1, -0.05) is 11.6 Å². The summed E-state index contributed by atoms with van der Waals surface area (Å²) in [6.07, 6.45) is 14.6. The van der Waals surface area contributed by atoms with Crippen LogP contribution in [0.25, 0.3) is 0 Å². The SMILES string of the molecule is CC(C)OC(=O)N1C2CCCC1CC(O)C2.Cc1ncccc1Oc1ncnc(Cl)c1C.Cc1ncccc1Oc1ncnc(OC2CC3CCCC(C2)N3C(=O)OC(C)C)c1C. The number of piperidine rings is 4. The first-order chi connectivity index (χ1) is 30.2. The average Bonchev–Trinajstić information content (AvgIpc) is 3.22. The van der Waals surface area contributed by atoms with E-state index in [-0.39, 0.29) is 60.8 Å². The van der Waals surface area contributed by atoms with Gasteiger partial charge < -0.3 is 38.6 Å². The van der Waals surface area contributed by atoms with Gasteiger partial charge in [0.15, 0.2) is 11.5 Å². The summed E-state index contributed by atoms with van der Waals surface area (Å²) in [5.74, 6) is 2.75. The molecule has 0 radical (unpaired) electrons. The van der Waals surface area contributed by atoms with Crippen molar-refractivity contribution in [2.75, 3.05) is 0 Å². The highest BCUT2D eigenvalue weighted by molar-refractivity contribution is 6.30. The molecule has 17 heteroatoms. The summed E-state index contributed by atoms with van der Waals surface area (Å²) in [6, 6.07) is 7.98. The van der Waals surface area contributed by atoms with Crippen LogP contribution in [0.1, 0.15) is 114 Å². The Hall–Kier alpha value is -5.35. The molecule has 0 spiro atoms. The molecule has 4 atom stereocenters. The predicted octanol–water partition coefficient (Wildman–Crippen LogP) is 9.43. The van der Waals surface area contributed by atoms with Gasteiger partial charge in [0.25, 0.3) is 0 Å². The van der Waals surface area contributed by atoms with Crippen LogP contribution in [0.4, 0.5) is 9.59 Å². The zero-order valence-electron chi connectivity index (χ0n) is 37.6. The van der Waals surface area contributed by atoms with Crippen molar-refractivity contribution in [3.63, 3.8) is 0 Å². The lowest BCUT2D eigenvalue weighted by molar-refractivity contribution is -0.0301. The number of aryl methyl sites for hydroxylation is 2. The van der Waals surface area contributed by atoms with Gasteiger partial charge >= 0.3 is 12.2 Å². The number of halogens is 1. The lowest BCUT2D eigenvalue weighted by Crippen LogP contribution is -2.57. The van der Waals surface area contributed by atoms with Crippen LogP contribution in [0, 0.1) is 27.7 Å². The maximum absolute atomic E-state index is 12.6. The molecule has 4 aromatic heterocycles. The second-order valence-electron chi connectivity index (χ2n) is 17.1. The maximum atomic E-state index is 12.6. The number of pyridine rings is 2. The maximum Gasteiger partial charge on any atom is 0.410 e. The third-order valence-electron chi connectivity index (χ3n) is 11.6. The molecule has 4 unspecified atom stereocenters. The quantitative estimate of drug-likeness (QED) is 0.165. The first kappa shape index (κ1) is 47.1. The van der Waals surface area contributed by atoms with Crippen LogP contribution in [0.5, 0.6) is 29.1 Å². The molecule has 4 saturated heterocycles. The van der Waals surface area contributed by atoms with Gasteiger partial charge in [-0.15, -0.1) is 0 Å². The molecule has 4 fully saturated rings. The number of carbonyl (C=O) groups excluding carboxylic acids is 2. The fourth-order valence-corrected chi connectivity index (χ4v) is 8.70. The first-order valence-corrected chi connectivity index (χ1v) is 22.4. The Morgan fingerprint density at radius 3 is 1.52 bits per heavy atom. The number of hydrogen-bond donors (Lipinski definition) is 1. The van der Waals surface area contributed by atoms with E-state index in [1.807, 2.05) is 83.4 Å². The van der Waals surface area contributed by atoms with Gasteiger partial charge in [0, 0.05) is 55.0 Å². The van der Waals surface area contributed by atoms with Crippen molar-refractivity contribution >= 4 is 23.8 Å². The first-order valence-electron chi connectivity index (χ1n) is 22.0. The predicted molar refractivity (Wildman–Crippen MR) is 235 cm³/mol. The Balaban J connectivity index is 0.000000173. The van der Waals surface area contributed by atoms with Crippen LogP contribution < -0.4 is 14.2 Å². The summed E-state index contributed by atoms with van der Waals surface area (Å²) >= 11 is 5.87. The summed E-state index contributed by atoms with van der Waals surface area (Å²) in [4.78, 5) is 53.3. The topological polar surface area (TPSA) is 184 Å². The van der Waals surface area contributed by atoms with Crippen molar-refractivity contribution < 1.29 is 38.4 Å². The number of nitrogens with zero attached hydrogens (tertiary/aromatic N) is 8. The molecule has 2 amide bonds. The molecule has 4 bridgehead atoms. The third kappa shape index (κ3) is 12.4. The Bertz CT molecular complexity index is 2140. The number of hydrogen-bond acceptors (Lipinski definition) is 14. The molecule has 4 aromatic rings. The highest BCUT2D eigenvalue weighted by atomic mass is 35.5. The second-order valence-corrected chi connectivity index (χ2v) is 17.4. The summed E-state index contributed by atoms with van der Waals surface area (Å²) in [5, 5.41) is 10.1. The minimum absolute atomic E-state index is 0.0139. The number of rotatable bonds is 8. The molecule has 8 rings (SSSR count). The molecule has 63 heavy (non-hydrogen) atoms. The fourth-order valence-electron chi connectivity index (χ4n) is 8.58. The van der Waals surface area contributed by atoms with E-state index in [1.165, 1.54) is 12.7 Å². The molecule has 16 nitrogen and oxygen atoms in total. The largest absolute Gasteiger partial charge is 0.474 e. The van der Waals surface area contributed by atoms with E-state index in [0.717, 1.165) is 68.3 Å². The van der Waals surface area contributed by atoms with E-state index in [4.69, 9.17) is 35.3 Å². The van der Waals surface area contributed by atoms with E-state index < -0.39 is 0 Å². The molecule has 0 aliphatic carbocycles. The van der Waals surface area contributed by atoms with Gasteiger partial charge in [-0.25, -0.2) is 29.5 Å². The summed E-state index contributed by atoms with van der Waals surface area (Å²) in [7, 11) is 0. The fraction of sp³-hybridized carbons (Fsp3) is 0.565. The van der Waals surface area contributed by atoms with E-state index in [9.17, 15) is 14.7 Å². The van der Waals surface area contributed by atoms with Crippen LogP contribution >= 0.6 is 11.6 Å². The second kappa shape index (κ2) is 21.8. The number of aliphatic hydroxyl groups excluding tert-OH is 1. The molecule has 340 valence electrons. The summed E-state index contributed by atoms with van der Waals surface area (Å²) < 4.78 is 28.7. The highest BCUT2D eigenvalue weighted by Gasteiger charge is 2.43. The van der Waals surface area contributed by atoms with Gasteiger partial charge in [-0.05, 0) is 131 Å². The lowest BCUT2D eigenvalue weighted by Gasteiger charge is -2.47. The van der Waals surface area contributed by atoms with Crippen LogP contribution in [-0.2, 0) is 9.47 Å². The van der Waals surface area contributed by atoms with E-state index >= 15 is 0 Å². The van der Waals surface area contributed by atoms with Crippen molar-refractivity contribution in [2.24, 2.45) is 0 Å². The van der Waals surface area contributed by atoms with Crippen molar-refractivity contribution in [1.29, 1.82) is 0 Å². The van der Waals surface area contributed by atoms with Gasteiger partial charge in [0.05, 0.1) is 35.3 Å². The van der Waals surface area contributed by atoms with E-state index in [0.29, 0.717) is 52.7 Å². The number of carbonyl (C=O) groups is 2. The Morgan fingerprint density at radius 1 is 0.635 bits per heavy atom. The monoisotopic (exact) mass is 888 g/mol. The molecule has 0 saturated carbocycles. The number of aromatic nitrogens is 6. The molecule has 4 aliphatic heterocycles. The zero-order chi connectivity index (χ0) is 45.2.